The molecule has 3 aromatic rings. The number of carbonyl (C=O) groups excluding carboxylic acids is 1. The molecule has 3 heterocycles. The third-order valence-corrected chi connectivity index (χ3v) is 5.36. The number of aromatic nitrogens is 3. The summed E-state index contributed by atoms with van der Waals surface area (Å²) >= 11 is 2.26. The normalized spacial score (nSPS) is 16.7. The van der Waals surface area contributed by atoms with Crippen LogP contribution in [0.2, 0.25) is 0 Å². The van der Waals surface area contributed by atoms with E-state index in [1.165, 1.54) is 0 Å². The summed E-state index contributed by atoms with van der Waals surface area (Å²) < 4.78 is 12.7. The highest BCUT2D eigenvalue weighted by molar-refractivity contribution is 14.1. The summed E-state index contributed by atoms with van der Waals surface area (Å²) in [6.45, 7) is 6.80. The predicted molar refractivity (Wildman–Crippen MR) is 123 cm³/mol. The minimum Gasteiger partial charge on any atom is -0.456 e. The smallest absolute Gasteiger partial charge is 0.410 e. The van der Waals surface area contributed by atoms with Crippen molar-refractivity contribution in [2.24, 2.45) is 0 Å². The van der Waals surface area contributed by atoms with Gasteiger partial charge >= 0.3 is 6.09 Å². The van der Waals surface area contributed by atoms with Crippen LogP contribution in [0.1, 0.15) is 27.2 Å². The van der Waals surface area contributed by atoms with Crippen LogP contribution in [0.25, 0.3) is 11.0 Å². The van der Waals surface area contributed by atoms with Crippen LogP contribution >= 0.6 is 22.6 Å². The van der Waals surface area contributed by atoms with Crippen molar-refractivity contribution >= 4 is 45.5 Å². The van der Waals surface area contributed by atoms with Crippen LogP contribution in [0, 0.1) is 3.57 Å². The van der Waals surface area contributed by atoms with E-state index in [0.29, 0.717) is 30.3 Å². The summed E-state index contributed by atoms with van der Waals surface area (Å²) in [6.07, 6.45) is 2.20. The van der Waals surface area contributed by atoms with Gasteiger partial charge in [-0.3, -0.25) is 5.10 Å². The van der Waals surface area contributed by atoms with E-state index >= 15 is 0 Å². The lowest BCUT2D eigenvalue weighted by Gasteiger charge is -2.24. The molecule has 1 aliphatic heterocycles. The third kappa shape index (κ3) is 4.77. The fraction of sp³-hybridized carbons (Fsp3) is 0.381. The Morgan fingerprint density at radius 1 is 1.27 bits per heavy atom. The molecule has 1 aromatic carbocycles. The largest absolute Gasteiger partial charge is 0.456 e. The molecule has 2 aromatic heterocycles. The Kier molecular flexibility index (Phi) is 5.72. The van der Waals surface area contributed by atoms with E-state index in [1.807, 2.05) is 51.1 Å². The van der Waals surface area contributed by atoms with Crippen LogP contribution in [0.3, 0.4) is 0 Å². The average molecular weight is 521 g/mol. The van der Waals surface area contributed by atoms with Gasteiger partial charge in [-0.05, 0) is 74.0 Å². The Bertz CT molecular complexity index is 1040. The molecule has 158 valence electrons. The van der Waals surface area contributed by atoms with E-state index in [2.05, 4.69) is 43.1 Å². The van der Waals surface area contributed by atoms with E-state index in [0.717, 1.165) is 21.1 Å². The molecule has 4 rings (SSSR count). The number of fused-ring (bicyclic) bond motifs is 1. The molecule has 0 aliphatic carbocycles. The maximum Gasteiger partial charge on any atom is 0.410 e. The first kappa shape index (κ1) is 20.7. The summed E-state index contributed by atoms with van der Waals surface area (Å²) in [5.74, 6) is 2.07. The summed E-state index contributed by atoms with van der Waals surface area (Å²) in [6, 6.07) is 9.73. The molecule has 0 bridgehead atoms. The van der Waals surface area contributed by atoms with Crippen molar-refractivity contribution in [1.29, 1.82) is 0 Å². The van der Waals surface area contributed by atoms with E-state index in [4.69, 9.17) is 9.47 Å². The van der Waals surface area contributed by atoms with E-state index < -0.39 is 5.60 Å². The van der Waals surface area contributed by atoms with Crippen LogP contribution < -0.4 is 10.1 Å². The lowest BCUT2D eigenvalue weighted by molar-refractivity contribution is 0.0293. The van der Waals surface area contributed by atoms with Crippen molar-refractivity contribution in [1.82, 2.24) is 20.1 Å². The predicted octanol–water partition coefficient (Wildman–Crippen LogP) is 4.78. The monoisotopic (exact) mass is 521 g/mol. The number of likely N-dealkylation sites (tertiary alicyclic amines) is 1. The fourth-order valence-corrected chi connectivity index (χ4v) is 3.66. The molecule has 8 nitrogen and oxygen atoms in total. The molecule has 0 radical (unpaired) electrons. The standard InChI is InChI=1S/C21H24IN5O3/c1-21(2,3)30-20(28)27-11-9-14(12-27)24-19-17-16(8-10-23-18(17)25-26-19)29-15-6-4-13(22)5-7-15/h4-8,10,14H,9,11-12H2,1-3H3,(H2,23,24,25,26)/t14-/m1/s1. The number of benzene rings is 1. The van der Waals surface area contributed by atoms with Crippen LogP contribution in [-0.4, -0.2) is 50.9 Å². The molecule has 0 saturated carbocycles. The topological polar surface area (TPSA) is 92.4 Å². The first-order chi connectivity index (χ1) is 14.3. The van der Waals surface area contributed by atoms with Crippen molar-refractivity contribution < 1.29 is 14.3 Å². The van der Waals surface area contributed by atoms with Crippen molar-refractivity contribution in [3.63, 3.8) is 0 Å². The van der Waals surface area contributed by atoms with Gasteiger partial charge in [0.2, 0.25) is 0 Å². The van der Waals surface area contributed by atoms with Crippen LogP contribution in [0.4, 0.5) is 10.6 Å². The highest BCUT2D eigenvalue weighted by atomic mass is 127. The van der Waals surface area contributed by atoms with Gasteiger partial charge in [0.25, 0.3) is 0 Å². The highest BCUT2D eigenvalue weighted by Crippen LogP contribution is 2.33. The number of pyridine rings is 1. The zero-order valence-corrected chi connectivity index (χ0v) is 19.3. The maximum absolute atomic E-state index is 12.3. The fourth-order valence-electron chi connectivity index (χ4n) is 3.31. The second-order valence-corrected chi connectivity index (χ2v) is 9.46. The molecule has 1 saturated heterocycles. The van der Waals surface area contributed by atoms with E-state index in [-0.39, 0.29) is 12.1 Å². The quantitative estimate of drug-likeness (QED) is 0.481. The minimum atomic E-state index is -0.506. The van der Waals surface area contributed by atoms with Crippen molar-refractivity contribution in [2.75, 3.05) is 18.4 Å². The number of ether oxygens (including phenoxy) is 2. The second-order valence-electron chi connectivity index (χ2n) is 8.22. The molecule has 2 N–H and O–H groups in total. The number of H-pyrrole nitrogens is 1. The second kappa shape index (κ2) is 8.29. The number of nitrogens with zero attached hydrogens (tertiary/aromatic N) is 3. The van der Waals surface area contributed by atoms with Crippen LogP contribution in [0.5, 0.6) is 11.5 Å². The van der Waals surface area contributed by atoms with Gasteiger partial charge in [0.15, 0.2) is 11.5 Å². The average Bonchev–Trinajstić information content (AvgIpc) is 3.31. The zero-order chi connectivity index (χ0) is 21.3. The number of carbonyl (C=O) groups is 1. The SMILES string of the molecule is CC(C)(C)OC(=O)N1CC[C@@H](Nc2n[nH]c3nccc(Oc4ccc(I)cc4)c23)C1. The lowest BCUT2D eigenvalue weighted by atomic mass is 10.2. The van der Waals surface area contributed by atoms with Gasteiger partial charge in [-0.25, -0.2) is 9.78 Å². The Morgan fingerprint density at radius 2 is 2.03 bits per heavy atom. The van der Waals surface area contributed by atoms with Crippen molar-refractivity contribution in [3.8, 4) is 11.5 Å². The first-order valence-electron chi connectivity index (χ1n) is 9.79. The molecule has 1 amide bonds. The summed E-state index contributed by atoms with van der Waals surface area (Å²) in [7, 11) is 0. The summed E-state index contributed by atoms with van der Waals surface area (Å²) in [5.41, 5.74) is 0.136. The number of halogens is 1. The Balaban J connectivity index is 1.50. The van der Waals surface area contributed by atoms with E-state index in [1.54, 1.807) is 11.1 Å². The molecule has 1 atom stereocenters. The molecular weight excluding hydrogens is 497 g/mol. The van der Waals surface area contributed by atoms with Gasteiger partial charge in [0.05, 0.1) is 0 Å². The van der Waals surface area contributed by atoms with Gasteiger partial charge in [0, 0.05) is 35.0 Å². The van der Waals surface area contributed by atoms with Gasteiger partial charge < -0.3 is 19.7 Å². The van der Waals surface area contributed by atoms with Crippen molar-refractivity contribution in [2.45, 2.75) is 38.8 Å². The lowest BCUT2D eigenvalue weighted by Crippen LogP contribution is -2.36. The van der Waals surface area contributed by atoms with Gasteiger partial charge in [-0.1, -0.05) is 0 Å². The molecule has 0 spiro atoms. The van der Waals surface area contributed by atoms with E-state index in [9.17, 15) is 4.79 Å². The maximum atomic E-state index is 12.3. The molecule has 1 fully saturated rings. The number of hydrogen-bond donors (Lipinski definition) is 2. The number of anilines is 1. The number of hydrogen-bond acceptors (Lipinski definition) is 6. The molecule has 9 heteroatoms. The minimum absolute atomic E-state index is 0.0652. The van der Waals surface area contributed by atoms with Gasteiger partial charge in [0.1, 0.15) is 22.5 Å². The summed E-state index contributed by atoms with van der Waals surface area (Å²) in [4.78, 5) is 18.4. The number of nitrogens with one attached hydrogen (secondary N) is 2. The Hall–Kier alpha value is -2.56. The van der Waals surface area contributed by atoms with Crippen LogP contribution in [-0.2, 0) is 4.74 Å². The van der Waals surface area contributed by atoms with Crippen LogP contribution in [0.15, 0.2) is 36.5 Å². The number of amides is 1. The third-order valence-electron chi connectivity index (χ3n) is 4.65. The molecular formula is C21H24IN5O3. The molecule has 0 unspecified atom stereocenters. The molecule has 30 heavy (non-hydrogen) atoms. The zero-order valence-electron chi connectivity index (χ0n) is 17.1. The Morgan fingerprint density at radius 3 is 2.77 bits per heavy atom. The highest BCUT2D eigenvalue weighted by Gasteiger charge is 2.30. The first-order valence-corrected chi connectivity index (χ1v) is 10.9. The number of rotatable bonds is 4. The van der Waals surface area contributed by atoms with Gasteiger partial charge in [-0.2, -0.15) is 5.10 Å². The van der Waals surface area contributed by atoms with Gasteiger partial charge in [-0.15, -0.1) is 0 Å². The molecule has 1 aliphatic rings. The van der Waals surface area contributed by atoms with Crippen molar-refractivity contribution in [3.05, 3.63) is 40.1 Å². The summed E-state index contributed by atoms with van der Waals surface area (Å²) in [5, 5.41) is 11.6. The number of aromatic amines is 1. The Labute approximate surface area is 188 Å².